The molecule has 3 heterocycles. The van der Waals surface area contributed by atoms with Gasteiger partial charge in [0, 0.05) is 30.1 Å². The summed E-state index contributed by atoms with van der Waals surface area (Å²) < 4.78 is 0. The highest BCUT2D eigenvalue weighted by molar-refractivity contribution is 6.23. The van der Waals surface area contributed by atoms with Gasteiger partial charge in [-0.15, -0.1) is 0 Å². The van der Waals surface area contributed by atoms with Gasteiger partial charge in [0.2, 0.25) is 17.7 Å². The number of para-hydroxylation sites is 1. The van der Waals surface area contributed by atoms with Crippen molar-refractivity contribution in [2.45, 2.75) is 38.8 Å². The van der Waals surface area contributed by atoms with E-state index in [2.05, 4.69) is 15.6 Å². The summed E-state index contributed by atoms with van der Waals surface area (Å²) in [5.41, 5.74) is 4.06. The van der Waals surface area contributed by atoms with Crippen molar-refractivity contribution in [3.05, 3.63) is 70.4 Å². The molecule has 2 aromatic carbocycles. The molecule has 0 bridgehead atoms. The van der Waals surface area contributed by atoms with Crippen molar-refractivity contribution in [2.75, 3.05) is 0 Å². The van der Waals surface area contributed by atoms with E-state index >= 15 is 0 Å². The Balaban J connectivity index is 1.27. The largest absolute Gasteiger partial charge is 0.361 e. The Hall–Kier alpha value is -4.27. The van der Waals surface area contributed by atoms with E-state index in [9.17, 15) is 24.0 Å². The number of fused-ring (bicyclic) bond motifs is 2. The van der Waals surface area contributed by atoms with Crippen LogP contribution in [0.4, 0.5) is 0 Å². The molecule has 1 atom stereocenters. The molecule has 1 unspecified atom stereocenters. The summed E-state index contributed by atoms with van der Waals surface area (Å²) in [5, 5.41) is 6.04. The minimum atomic E-state index is -1.01. The number of aromatic amines is 1. The fourth-order valence-electron chi connectivity index (χ4n) is 4.57. The normalized spacial score (nSPS) is 17.8. The minimum absolute atomic E-state index is 0.0666. The SMILES string of the molecule is Cc1cccc2c(CC(=O)NCc3ccc4c(c3)C(=O)N(C3CCC(=O)NC3=O)C4=O)c[nH]c12. The van der Waals surface area contributed by atoms with E-state index in [-0.39, 0.29) is 42.8 Å². The average Bonchev–Trinajstić information content (AvgIpc) is 3.32. The lowest BCUT2D eigenvalue weighted by atomic mass is 10.0. The monoisotopic (exact) mass is 458 g/mol. The lowest BCUT2D eigenvalue weighted by Gasteiger charge is -2.27. The fourth-order valence-corrected chi connectivity index (χ4v) is 4.57. The fraction of sp³-hybridized carbons (Fsp3) is 0.240. The molecule has 1 aromatic heterocycles. The summed E-state index contributed by atoms with van der Waals surface area (Å²) in [4.78, 5) is 66.0. The van der Waals surface area contributed by atoms with Crippen LogP contribution in [0.1, 0.15) is 50.2 Å². The molecular weight excluding hydrogens is 436 g/mol. The van der Waals surface area contributed by atoms with E-state index in [1.54, 1.807) is 12.1 Å². The molecule has 2 aliphatic rings. The van der Waals surface area contributed by atoms with Crippen LogP contribution in [-0.2, 0) is 27.3 Å². The van der Waals surface area contributed by atoms with Gasteiger partial charge >= 0.3 is 0 Å². The van der Waals surface area contributed by atoms with E-state index in [1.165, 1.54) is 6.07 Å². The van der Waals surface area contributed by atoms with E-state index in [4.69, 9.17) is 0 Å². The summed E-state index contributed by atoms with van der Waals surface area (Å²) in [6.07, 6.45) is 2.21. The van der Waals surface area contributed by atoms with Crippen LogP contribution in [0.25, 0.3) is 10.9 Å². The van der Waals surface area contributed by atoms with Crippen molar-refractivity contribution in [2.24, 2.45) is 0 Å². The van der Waals surface area contributed by atoms with Gasteiger partial charge in [0.05, 0.1) is 17.5 Å². The summed E-state index contributed by atoms with van der Waals surface area (Å²) >= 11 is 0. The van der Waals surface area contributed by atoms with Crippen molar-refractivity contribution in [3.8, 4) is 0 Å². The van der Waals surface area contributed by atoms with Crippen molar-refractivity contribution in [1.82, 2.24) is 20.5 Å². The van der Waals surface area contributed by atoms with Crippen LogP contribution in [0.15, 0.2) is 42.6 Å². The zero-order valence-electron chi connectivity index (χ0n) is 18.4. The second kappa shape index (κ2) is 8.26. The number of imide groups is 2. The van der Waals surface area contributed by atoms with Gasteiger partial charge in [0.25, 0.3) is 11.8 Å². The highest BCUT2D eigenvalue weighted by atomic mass is 16.2. The Morgan fingerprint density at radius 1 is 1.09 bits per heavy atom. The van der Waals surface area contributed by atoms with Gasteiger partial charge in [-0.1, -0.05) is 24.3 Å². The van der Waals surface area contributed by atoms with Crippen molar-refractivity contribution >= 4 is 40.4 Å². The molecule has 1 fully saturated rings. The first kappa shape index (κ1) is 21.6. The summed E-state index contributed by atoms with van der Waals surface area (Å²) in [5.74, 6) is -2.36. The first-order valence-corrected chi connectivity index (χ1v) is 11.0. The standard InChI is InChI=1S/C25H22N4O5/c1-13-3-2-4-16-15(12-27-22(13)16)10-21(31)26-11-14-5-6-17-18(9-14)25(34)29(24(17)33)19-7-8-20(30)28-23(19)32/h2-6,9,12,19,27H,7-8,10-11H2,1H3,(H,26,31)(H,28,30,32). The third-order valence-electron chi connectivity index (χ3n) is 6.35. The van der Waals surface area contributed by atoms with Gasteiger partial charge in [0.15, 0.2) is 0 Å². The second-order valence-corrected chi connectivity index (χ2v) is 8.59. The number of hydrogen-bond donors (Lipinski definition) is 3. The van der Waals surface area contributed by atoms with E-state index in [1.807, 2.05) is 31.3 Å². The Morgan fingerprint density at radius 3 is 2.68 bits per heavy atom. The molecule has 3 N–H and O–H groups in total. The van der Waals surface area contributed by atoms with Crippen LogP contribution < -0.4 is 10.6 Å². The van der Waals surface area contributed by atoms with Crippen LogP contribution in [0, 0.1) is 6.92 Å². The number of rotatable bonds is 5. The van der Waals surface area contributed by atoms with Crippen LogP contribution in [0.5, 0.6) is 0 Å². The van der Waals surface area contributed by atoms with E-state index < -0.39 is 29.7 Å². The highest BCUT2D eigenvalue weighted by Gasteiger charge is 2.44. The number of piperidine rings is 1. The molecule has 5 amide bonds. The number of aromatic nitrogens is 1. The molecule has 5 rings (SSSR count). The molecule has 0 radical (unpaired) electrons. The summed E-state index contributed by atoms with van der Waals surface area (Å²) in [7, 11) is 0. The molecule has 9 heteroatoms. The van der Waals surface area contributed by atoms with Gasteiger partial charge < -0.3 is 10.3 Å². The first-order chi connectivity index (χ1) is 16.3. The quantitative estimate of drug-likeness (QED) is 0.502. The molecule has 0 aliphatic carbocycles. The number of amides is 5. The maximum Gasteiger partial charge on any atom is 0.262 e. The third-order valence-corrected chi connectivity index (χ3v) is 6.35. The number of benzene rings is 2. The third kappa shape index (κ3) is 3.64. The van der Waals surface area contributed by atoms with Gasteiger partial charge in [-0.05, 0) is 42.2 Å². The average molecular weight is 458 g/mol. The molecule has 0 saturated carbocycles. The summed E-state index contributed by atoms with van der Waals surface area (Å²) in [6, 6.07) is 9.69. The molecule has 0 spiro atoms. The molecule has 3 aromatic rings. The first-order valence-electron chi connectivity index (χ1n) is 11.0. The second-order valence-electron chi connectivity index (χ2n) is 8.59. The number of nitrogens with zero attached hydrogens (tertiary/aromatic N) is 1. The number of nitrogens with one attached hydrogen (secondary N) is 3. The Kier molecular flexibility index (Phi) is 5.24. The lowest BCUT2D eigenvalue weighted by molar-refractivity contribution is -0.136. The Labute approximate surface area is 194 Å². The smallest absolute Gasteiger partial charge is 0.262 e. The molecule has 2 aliphatic heterocycles. The van der Waals surface area contributed by atoms with Crippen molar-refractivity contribution in [3.63, 3.8) is 0 Å². The van der Waals surface area contributed by atoms with Gasteiger partial charge in [-0.2, -0.15) is 0 Å². The van der Waals surface area contributed by atoms with Crippen molar-refractivity contribution in [1.29, 1.82) is 0 Å². The highest BCUT2D eigenvalue weighted by Crippen LogP contribution is 2.28. The van der Waals surface area contributed by atoms with Gasteiger partial charge in [-0.25, -0.2) is 0 Å². The predicted molar refractivity (Wildman–Crippen MR) is 122 cm³/mol. The van der Waals surface area contributed by atoms with Crippen molar-refractivity contribution < 1.29 is 24.0 Å². The Bertz CT molecular complexity index is 1390. The molecule has 9 nitrogen and oxygen atoms in total. The number of carbonyl (C=O) groups is 5. The number of carbonyl (C=O) groups excluding carboxylic acids is 5. The molecule has 1 saturated heterocycles. The predicted octanol–water partition coefficient (Wildman–Crippen LogP) is 1.74. The zero-order valence-corrected chi connectivity index (χ0v) is 18.4. The van der Waals surface area contributed by atoms with E-state index in [0.717, 1.165) is 26.9 Å². The molecular formula is C25H22N4O5. The number of H-pyrrole nitrogens is 1. The number of aryl methyl sites for hydroxylation is 1. The van der Waals surface area contributed by atoms with E-state index in [0.29, 0.717) is 5.56 Å². The van der Waals surface area contributed by atoms with Gasteiger partial charge in [0.1, 0.15) is 6.04 Å². The van der Waals surface area contributed by atoms with Crippen LogP contribution in [0.2, 0.25) is 0 Å². The molecule has 172 valence electrons. The van der Waals surface area contributed by atoms with Crippen LogP contribution >= 0.6 is 0 Å². The maximum absolute atomic E-state index is 12.9. The maximum atomic E-state index is 12.9. The van der Waals surface area contributed by atoms with Gasteiger partial charge in [-0.3, -0.25) is 34.2 Å². The summed E-state index contributed by atoms with van der Waals surface area (Å²) in [6.45, 7) is 2.19. The topological polar surface area (TPSA) is 128 Å². The number of hydrogen-bond acceptors (Lipinski definition) is 5. The van der Waals surface area contributed by atoms with Crippen LogP contribution in [-0.4, -0.2) is 45.5 Å². The van der Waals surface area contributed by atoms with Crippen LogP contribution in [0.3, 0.4) is 0 Å². The minimum Gasteiger partial charge on any atom is -0.361 e. The zero-order chi connectivity index (χ0) is 24.0. The Morgan fingerprint density at radius 2 is 1.88 bits per heavy atom. The molecule has 34 heavy (non-hydrogen) atoms. The lowest BCUT2D eigenvalue weighted by Crippen LogP contribution is -2.54.